The fourth-order valence-corrected chi connectivity index (χ4v) is 2.93. The van der Waals surface area contributed by atoms with Gasteiger partial charge in [0, 0.05) is 24.1 Å². The van der Waals surface area contributed by atoms with Gasteiger partial charge in [0.1, 0.15) is 11.5 Å². The molecule has 2 aromatic carbocycles. The molecule has 29 heavy (non-hydrogen) atoms. The van der Waals surface area contributed by atoms with Gasteiger partial charge in [-0.1, -0.05) is 25.1 Å². The quantitative estimate of drug-likeness (QED) is 0.621. The highest BCUT2D eigenvalue weighted by molar-refractivity contribution is 6.04. The number of ether oxygens (including phenoxy) is 2. The summed E-state index contributed by atoms with van der Waals surface area (Å²) in [7, 11) is 3.17. The van der Waals surface area contributed by atoms with Crippen LogP contribution in [0.25, 0.3) is 0 Å². The predicted molar refractivity (Wildman–Crippen MR) is 113 cm³/mol. The first-order valence-electron chi connectivity index (χ1n) is 9.26. The summed E-state index contributed by atoms with van der Waals surface area (Å²) < 4.78 is 10.6. The van der Waals surface area contributed by atoms with Gasteiger partial charge >= 0.3 is 0 Å². The van der Waals surface area contributed by atoms with E-state index in [1.807, 2.05) is 25.1 Å². The Morgan fingerprint density at radius 3 is 2.48 bits per heavy atom. The average molecular weight is 392 g/mol. The molecule has 0 bridgehead atoms. The van der Waals surface area contributed by atoms with E-state index in [0.29, 0.717) is 28.7 Å². The molecule has 0 fully saturated rings. The molecule has 0 spiro atoms. The van der Waals surface area contributed by atoms with Gasteiger partial charge in [0.15, 0.2) is 0 Å². The van der Waals surface area contributed by atoms with Gasteiger partial charge in [-0.3, -0.25) is 4.79 Å². The molecule has 0 aliphatic carbocycles. The molecular weight excluding hydrogens is 368 g/mol. The van der Waals surface area contributed by atoms with Crippen LogP contribution >= 0.6 is 0 Å². The van der Waals surface area contributed by atoms with Gasteiger partial charge in [-0.2, -0.15) is 0 Å². The number of hydrogen-bond acceptors (Lipinski definition) is 6. The molecule has 0 aliphatic heterocycles. The van der Waals surface area contributed by atoms with Gasteiger partial charge in [0.2, 0.25) is 5.95 Å². The van der Waals surface area contributed by atoms with Gasteiger partial charge in [0.25, 0.3) is 5.91 Å². The molecule has 0 radical (unpaired) electrons. The van der Waals surface area contributed by atoms with Crippen molar-refractivity contribution in [1.29, 1.82) is 0 Å². The number of methoxy groups -OCH3 is 2. The Morgan fingerprint density at radius 1 is 1.07 bits per heavy atom. The summed E-state index contributed by atoms with van der Waals surface area (Å²) in [5, 5.41) is 6.06. The highest BCUT2D eigenvalue weighted by Crippen LogP contribution is 2.30. The summed E-state index contributed by atoms with van der Waals surface area (Å²) in [4.78, 5) is 21.1. The number of para-hydroxylation sites is 1. The van der Waals surface area contributed by atoms with E-state index < -0.39 is 0 Å². The van der Waals surface area contributed by atoms with E-state index >= 15 is 0 Å². The third-order valence-corrected chi connectivity index (χ3v) is 4.55. The first-order valence-corrected chi connectivity index (χ1v) is 9.26. The summed E-state index contributed by atoms with van der Waals surface area (Å²) in [6.45, 7) is 4.03. The number of carbonyl (C=O) groups is 1. The monoisotopic (exact) mass is 392 g/mol. The van der Waals surface area contributed by atoms with Crippen molar-refractivity contribution in [3.63, 3.8) is 0 Å². The third kappa shape index (κ3) is 4.63. The van der Waals surface area contributed by atoms with Crippen LogP contribution in [-0.2, 0) is 6.42 Å². The molecule has 1 amide bonds. The second kappa shape index (κ2) is 9.05. The largest absolute Gasteiger partial charge is 0.497 e. The standard InChI is InChI=1S/C22H24N4O3/c1-5-15-8-6-7-14(2)20(15)26-21(27)16-12-23-22(24-13-16)25-18-11-17(28-3)9-10-19(18)29-4/h6-13H,5H2,1-4H3,(H,26,27)(H,23,24,25). The Morgan fingerprint density at radius 2 is 1.83 bits per heavy atom. The van der Waals surface area contributed by atoms with Crippen LogP contribution in [0.3, 0.4) is 0 Å². The summed E-state index contributed by atoms with van der Waals surface area (Å²) in [6.07, 6.45) is 3.81. The van der Waals surface area contributed by atoms with Crippen LogP contribution in [0.4, 0.5) is 17.3 Å². The van der Waals surface area contributed by atoms with E-state index in [0.717, 1.165) is 23.2 Å². The first-order chi connectivity index (χ1) is 14.0. The number of benzene rings is 2. The van der Waals surface area contributed by atoms with Gasteiger partial charge in [-0.05, 0) is 36.6 Å². The van der Waals surface area contributed by atoms with E-state index in [1.54, 1.807) is 32.4 Å². The van der Waals surface area contributed by atoms with Gasteiger partial charge in [-0.25, -0.2) is 9.97 Å². The van der Waals surface area contributed by atoms with Crippen LogP contribution in [0.15, 0.2) is 48.8 Å². The van der Waals surface area contributed by atoms with Crippen LogP contribution in [-0.4, -0.2) is 30.1 Å². The smallest absolute Gasteiger partial charge is 0.258 e. The lowest BCUT2D eigenvalue weighted by molar-refractivity contribution is 0.102. The van der Waals surface area contributed by atoms with E-state index in [2.05, 4.69) is 27.5 Å². The van der Waals surface area contributed by atoms with Crippen molar-refractivity contribution in [3.8, 4) is 11.5 Å². The number of nitrogens with zero attached hydrogens (tertiary/aromatic N) is 2. The first kappa shape index (κ1) is 20.1. The van der Waals surface area contributed by atoms with Crippen molar-refractivity contribution in [2.24, 2.45) is 0 Å². The lowest BCUT2D eigenvalue weighted by Gasteiger charge is -2.13. The maximum atomic E-state index is 12.6. The van der Waals surface area contributed by atoms with E-state index in [9.17, 15) is 4.79 Å². The lowest BCUT2D eigenvalue weighted by atomic mass is 10.1. The summed E-state index contributed by atoms with van der Waals surface area (Å²) >= 11 is 0. The van der Waals surface area contributed by atoms with Crippen molar-refractivity contribution in [2.45, 2.75) is 20.3 Å². The second-order valence-electron chi connectivity index (χ2n) is 6.40. The molecule has 0 unspecified atom stereocenters. The highest BCUT2D eigenvalue weighted by atomic mass is 16.5. The number of carbonyl (C=O) groups excluding carboxylic acids is 1. The minimum atomic E-state index is -0.250. The van der Waals surface area contributed by atoms with E-state index in [1.165, 1.54) is 12.4 Å². The Hall–Kier alpha value is -3.61. The molecule has 2 N–H and O–H groups in total. The molecule has 0 saturated heterocycles. The van der Waals surface area contributed by atoms with Crippen molar-refractivity contribution in [3.05, 3.63) is 65.5 Å². The average Bonchev–Trinajstić information content (AvgIpc) is 2.75. The zero-order valence-electron chi connectivity index (χ0n) is 16.9. The fraction of sp³-hybridized carbons (Fsp3) is 0.227. The summed E-state index contributed by atoms with van der Waals surface area (Å²) in [6, 6.07) is 11.3. The number of hydrogen-bond donors (Lipinski definition) is 2. The predicted octanol–water partition coefficient (Wildman–Crippen LogP) is 4.36. The fourth-order valence-electron chi connectivity index (χ4n) is 2.93. The summed E-state index contributed by atoms with van der Waals surface area (Å²) in [5.41, 5.74) is 3.98. The lowest BCUT2D eigenvalue weighted by Crippen LogP contribution is -2.15. The van der Waals surface area contributed by atoms with Crippen LogP contribution in [0.1, 0.15) is 28.4 Å². The Kier molecular flexibility index (Phi) is 6.29. The SMILES string of the molecule is CCc1cccc(C)c1NC(=O)c1cnc(Nc2cc(OC)ccc2OC)nc1. The molecular formula is C22H24N4O3. The van der Waals surface area contributed by atoms with E-state index in [4.69, 9.17) is 9.47 Å². The number of aromatic nitrogens is 2. The molecule has 0 saturated carbocycles. The minimum Gasteiger partial charge on any atom is -0.497 e. The van der Waals surface area contributed by atoms with E-state index in [-0.39, 0.29) is 5.91 Å². The number of anilines is 3. The zero-order valence-corrected chi connectivity index (χ0v) is 16.9. The number of nitrogens with one attached hydrogen (secondary N) is 2. The van der Waals surface area contributed by atoms with Crippen LogP contribution in [0.5, 0.6) is 11.5 Å². The third-order valence-electron chi connectivity index (χ3n) is 4.55. The highest BCUT2D eigenvalue weighted by Gasteiger charge is 2.13. The van der Waals surface area contributed by atoms with Gasteiger partial charge in [0.05, 0.1) is 25.5 Å². The minimum absolute atomic E-state index is 0.250. The van der Waals surface area contributed by atoms with Crippen LogP contribution in [0, 0.1) is 6.92 Å². The number of aryl methyl sites for hydroxylation is 2. The van der Waals surface area contributed by atoms with Crippen LogP contribution in [0.2, 0.25) is 0 Å². The summed E-state index contributed by atoms with van der Waals surface area (Å²) in [5.74, 6) is 1.40. The van der Waals surface area contributed by atoms with Crippen molar-refractivity contribution < 1.29 is 14.3 Å². The van der Waals surface area contributed by atoms with Gasteiger partial charge < -0.3 is 20.1 Å². The maximum Gasteiger partial charge on any atom is 0.258 e. The topological polar surface area (TPSA) is 85.4 Å². The normalized spacial score (nSPS) is 10.3. The second-order valence-corrected chi connectivity index (χ2v) is 6.40. The molecule has 0 aliphatic rings. The van der Waals surface area contributed by atoms with Crippen molar-refractivity contribution >= 4 is 23.2 Å². The maximum absolute atomic E-state index is 12.6. The Balaban J connectivity index is 1.76. The molecule has 7 nitrogen and oxygen atoms in total. The van der Waals surface area contributed by atoms with Crippen molar-refractivity contribution in [2.75, 3.05) is 24.9 Å². The Labute approximate surface area is 170 Å². The molecule has 3 rings (SSSR count). The van der Waals surface area contributed by atoms with Gasteiger partial charge in [-0.15, -0.1) is 0 Å². The Bertz CT molecular complexity index is 1000. The van der Waals surface area contributed by atoms with Crippen molar-refractivity contribution in [1.82, 2.24) is 9.97 Å². The number of rotatable bonds is 7. The molecule has 0 atom stereocenters. The molecule has 7 heteroatoms. The molecule has 1 aromatic heterocycles. The molecule has 1 heterocycles. The zero-order chi connectivity index (χ0) is 20.8. The molecule has 150 valence electrons. The number of amides is 1. The molecule has 3 aromatic rings. The van der Waals surface area contributed by atoms with Crippen LogP contribution < -0.4 is 20.1 Å².